The van der Waals surface area contributed by atoms with Crippen LogP contribution in [-0.4, -0.2) is 47.0 Å². The second-order valence-electron chi connectivity index (χ2n) is 4.62. The molecule has 1 aliphatic heterocycles. The van der Waals surface area contributed by atoms with Crippen molar-refractivity contribution in [3.63, 3.8) is 0 Å². The highest BCUT2D eigenvalue weighted by Crippen LogP contribution is 2.20. The van der Waals surface area contributed by atoms with E-state index in [1.54, 1.807) is 0 Å². The summed E-state index contributed by atoms with van der Waals surface area (Å²) in [5, 5.41) is 8.71. The van der Waals surface area contributed by atoms with Crippen molar-refractivity contribution < 1.29 is 0 Å². The third-order valence-electron chi connectivity index (χ3n) is 3.48. The van der Waals surface area contributed by atoms with Crippen molar-refractivity contribution in [1.29, 1.82) is 5.26 Å². The second-order valence-corrected chi connectivity index (χ2v) is 5.43. The highest BCUT2D eigenvalue weighted by molar-refractivity contribution is 9.10. The van der Waals surface area contributed by atoms with Crippen molar-refractivity contribution >= 4 is 27.3 Å². The number of rotatable bonds is 2. The van der Waals surface area contributed by atoms with E-state index in [4.69, 9.17) is 5.26 Å². The molecule has 0 saturated carbocycles. The maximum Gasteiger partial charge on any atom is 0.137 e. The van der Waals surface area contributed by atoms with Crippen molar-refractivity contribution in [3.05, 3.63) is 29.1 Å². The predicted molar refractivity (Wildman–Crippen MR) is 77.2 cm³/mol. The standard InChI is InChI=1S/C13H14BrN5/c14-12-9-16-13-2-1-11(10-19(12)13)18-7-5-17(4-3-15)6-8-18/h1-2,9-10H,4-8H2. The van der Waals surface area contributed by atoms with Gasteiger partial charge in [-0.05, 0) is 28.1 Å². The lowest BCUT2D eigenvalue weighted by atomic mass is 10.2. The molecule has 1 saturated heterocycles. The molecule has 0 N–H and O–H groups in total. The monoisotopic (exact) mass is 319 g/mol. The van der Waals surface area contributed by atoms with Crippen LogP contribution in [0.5, 0.6) is 0 Å². The van der Waals surface area contributed by atoms with Crippen LogP contribution >= 0.6 is 15.9 Å². The number of anilines is 1. The SMILES string of the molecule is N#CCN1CCN(c2ccc3ncc(Br)n3c2)CC1. The van der Waals surface area contributed by atoms with Gasteiger partial charge in [0.1, 0.15) is 10.3 Å². The van der Waals surface area contributed by atoms with E-state index in [0.717, 1.165) is 36.4 Å². The lowest BCUT2D eigenvalue weighted by Crippen LogP contribution is -2.46. The van der Waals surface area contributed by atoms with E-state index < -0.39 is 0 Å². The summed E-state index contributed by atoms with van der Waals surface area (Å²) < 4.78 is 3.00. The van der Waals surface area contributed by atoms with E-state index in [2.05, 4.69) is 49.0 Å². The number of halogens is 1. The largest absolute Gasteiger partial charge is 0.368 e. The summed E-state index contributed by atoms with van der Waals surface area (Å²) in [5.74, 6) is 0. The maximum absolute atomic E-state index is 8.71. The fourth-order valence-electron chi connectivity index (χ4n) is 2.39. The van der Waals surface area contributed by atoms with Gasteiger partial charge in [0.05, 0.1) is 24.5 Å². The van der Waals surface area contributed by atoms with Crippen molar-refractivity contribution in [2.75, 3.05) is 37.6 Å². The Hall–Kier alpha value is -1.58. The molecule has 0 amide bonds. The molecule has 1 aliphatic rings. The van der Waals surface area contributed by atoms with Crippen molar-refractivity contribution in [1.82, 2.24) is 14.3 Å². The third-order valence-corrected chi connectivity index (χ3v) is 4.06. The smallest absolute Gasteiger partial charge is 0.137 e. The van der Waals surface area contributed by atoms with Crippen LogP contribution in [0.2, 0.25) is 0 Å². The van der Waals surface area contributed by atoms with Gasteiger partial charge in [-0.3, -0.25) is 9.30 Å². The van der Waals surface area contributed by atoms with Crippen LogP contribution in [0.3, 0.4) is 0 Å². The Bertz CT molecular complexity index is 621. The predicted octanol–water partition coefficient (Wildman–Crippen LogP) is 1.74. The molecule has 2 aromatic heterocycles. The maximum atomic E-state index is 8.71. The van der Waals surface area contributed by atoms with Gasteiger partial charge < -0.3 is 4.90 Å². The van der Waals surface area contributed by atoms with Gasteiger partial charge in [0.2, 0.25) is 0 Å². The minimum atomic E-state index is 0.528. The topological polar surface area (TPSA) is 47.6 Å². The van der Waals surface area contributed by atoms with Gasteiger partial charge in [0.15, 0.2) is 0 Å². The quantitative estimate of drug-likeness (QED) is 0.791. The molecule has 0 bridgehead atoms. The van der Waals surface area contributed by atoms with Gasteiger partial charge in [0, 0.05) is 32.4 Å². The van der Waals surface area contributed by atoms with Crippen LogP contribution in [0.4, 0.5) is 5.69 Å². The summed E-state index contributed by atoms with van der Waals surface area (Å²) in [4.78, 5) is 8.82. The number of hydrogen-bond acceptors (Lipinski definition) is 4. The van der Waals surface area contributed by atoms with Gasteiger partial charge in [-0.25, -0.2) is 4.98 Å². The van der Waals surface area contributed by atoms with E-state index in [-0.39, 0.29) is 0 Å². The van der Waals surface area contributed by atoms with Crippen LogP contribution in [0.25, 0.3) is 5.65 Å². The van der Waals surface area contributed by atoms with Crippen LogP contribution in [0, 0.1) is 11.3 Å². The molecular formula is C13H14BrN5. The third kappa shape index (κ3) is 2.44. The van der Waals surface area contributed by atoms with E-state index in [1.807, 2.05) is 16.7 Å². The van der Waals surface area contributed by atoms with Gasteiger partial charge >= 0.3 is 0 Å². The molecule has 0 radical (unpaired) electrons. The minimum absolute atomic E-state index is 0.528. The van der Waals surface area contributed by atoms with Crippen LogP contribution in [0.15, 0.2) is 29.1 Å². The lowest BCUT2D eigenvalue weighted by molar-refractivity contribution is 0.287. The highest BCUT2D eigenvalue weighted by atomic mass is 79.9. The van der Waals surface area contributed by atoms with Crippen LogP contribution in [0.1, 0.15) is 0 Å². The summed E-state index contributed by atoms with van der Waals surface area (Å²) in [6.45, 7) is 4.33. The van der Waals surface area contributed by atoms with E-state index in [0.29, 0.717) is 6.54 Å². The molecule has 2 aromatic rings. The number of nitriles is 1. The number of imidazole rings is 1. The first kappa shape index (κ1) is 12.5. The molecule has 0 unspecified atom stereocenters. The first-order chi connectivity index (χ1) is 9.28. The number of piperazine rings is 1. The summed E-state index contributed by atoms with van der Waals surface area (Å²) in [6, 6.07) is 6.34. The van der Waals surface area contributed by atoms with Gasteiger partial charge in [-0.2, -0.15) is 5.26 Å². The zero-order valence-electron chi connectivity index (χ0n) is 10.5. The molecule has 0 spiro atoms. The van der Waals surface area contributed by atoms with Crippen molar-refractivity contribution in [2.45, 2.75) is 0 Å². The highest BCUT2D eigenvalue weighted by Gasteiger charge is 2.17. The Balaban J connectivity index is 1.78. The molecule has 3 rings (SSSR count). The zero-order valence-corrected chi connectivity index (χ0v) is 12.0. The Morgan fingerprint density at radius 1 is 1.26 bits per heavy atom. The first-order valence-electron chi connectivity index (χ1n) is 6.25. The number of hydrogen-bond donors (Lipinski definition) is 0. The fourth-order valence-corrected chi connectivity index (χ4v) is 2.78. The van der Waals surface area contributed by atoms with Gasteiger partial charge in [0.25, 0.3) is 0 Å². The Morgan fingerprint density at radius 3 is 2.79 bits per heavy atom. The average molecular weight is 320 g/mol. The summed E-state index contributed by atoms with van der Waals surface area (Å²) in [5.41, 5.74) is 2.14. The normalized spacial score (nSPS) is 16.7. The van der Waals surface area contributed by atoms with E-state index >= 15 is 0 Å². The molecule has 0 atom stereocenters. The molecule has 5 nitrogen and oxygen atoms in total. The van der Waals surface area contributed by atoms with E-state index in [1.165, 1.54) is 5.69 Å². The molecule has 3 heterocycles. The molecule has 98 valence electrons. The van der Waals surface area contributed by atoms with Crippen LogP contribution in [-0.2, 0) is 0 Å². The molecular weight excluding hydrogens is 306 g/mol. The average Bonchev–Trinajstić information content (AvgIpc) is 2.81. The zero-order chi connectivity index (χ0) is 13.2. The van der Waals surface area contributed by atoms with Gasteiger partial charge in [-0.1, -0.05) is 0 Å². The summed E-state index contributed by atoms with van der Waals surface area (Å²) in [6.07, 6.45) is 3.91. The Labute approximate surface area is 120 Å². The number of fused-ring (bicyclic) bond motifs is 1. The van der Waals surface area contributed by atoms with Crippen molar-refractivity contribution in [2.24, 2.45) is 0 Å². The number of nitrogens with zero attached hydrogens (tertiary/aromatic N) is 5. The summed E-state index contributed by atoms with van der Waals surface area (Å²) >= 11 is 3.49. The molecule has 0 aliphatic carbocycles. The lowest BCUT2D eigenvalue weighted by Gasteiger charge is -2.34. The second kappa shape index (κ2) is 5.19. The molecule has 0 aromatic carbocycles. The Kier molecular flexibility index (Phi) is 3.40. The van der Waals surface area contributed by atoms with Gasteiger partial charge in [-0.15, -0.1) is 0 Å². The minimum Gasteiger partial charge on any atom is -0.368 e. The van der Waals surface area contributed by atoms with Crippen molar-refractivity contribution in [3.8, 4) is 6.07 Å². The Morgan fingerprint density at radius 2 is 2.05 bits per heavy atom. The van der Waals surface area contributed by atoms with Crippen LogP contribution < -0.4 is 4.90 Å². The number of aromatic nitrogens is 2. The van der Waals surface area contributed by atoms with E-state index in [9.17, 15) is 0 Å². The molecule has 19 heavy (non-hydrogen) atoms. The molecule has 6 heteroatoms. The molecule has 1 fully saturated rings. The fraction of sp³-hybridized carbons (Fsp3) is 0.385. The first-order valence-corrected chi connectivity index (χ1v) is 7.04. The summed E-state index contributed by atoms with van der Waals surface area (Å²) in [7, 11) is 0. The number of pyridine rings is 1.